The molecule has 1 N–H and O–H groups in total. The minimum absolute atomic E-state index is 0.0145. The van der Waals surface area contributed by atoms with Crippen LogP contribution >= 0.6 is 0 Å². The summed E-state index contributed by atoms with van der Waals surface area (Å²) in [5, 5.41) is 13.9. The third-order valence-corrected chi connectivity index (χ3v) is 7.17. The highest BCUT2D eigenvalue weighted by molar-refractivity contribution is 7.89. The molecule has 2 aromatic carbocycles. The molecule has 0 bridgehead atoms. The molecule has 1 fully saturated rings. The quantitative estimate of drug-likeness (QED) is 0.519. The van der Waals surface area contributed by atoms with E-state index in [0.29, 0.717) is 0 Å². The first-order chi connectivity index (χ1) is 14.8. The average Bonchev–Trinajstić information content (AvgIpc) is 2.78. The van der Waals surface area contributed by atoms with E-state index in [4.69, 9.17) is 0 Å². The summed E-state index contributed by atoms with van der Waals surface area (Å²) >= 11 is 0. The van der Waals surface area contributed by atoms with E-state index in [1.165, 1.54) is 28.1 Å². The monoisotopic (exact) mass is 446 g/mol. The summed E-state index contributed by atoms with van der Waals surface area (Å²) in [6, 6.07) is 14.8. The molecule has 0 spiro atoms. The summed E-state index contributed by atoms with van der Waals surface area (Å²) in [4.78, 5) is 24.3. The standard InChI is InChI=1S/C21H26N4O5S/c1-17(10-11-18-6-3-2-4-7-18)22-21(26)23-12-14-24(15-13-23)31(29,30)20-9-5-8-19(16-20)25(27)28/h2-9,16-17H,10-15H2,1H3,(H,22,26)/t17-/m1/s1. The van der Waals surface area contributed by atoms with Crippen LogP contribution < -0.4 is 5.32 Å². The van der Waals surface area contributed by atoms with Crippen molar-refractivity contribution in [2.75, 3.05) is 26.2 Å². The second-order valence-electron chi connectivity index (χ2n) is 7.52. The zero-order chi connectivity index (χ0) is 22.4. The normalized spacial score (nSPS) is 16.0. The smallest absolute Gasteiger partial charge is 0.317 e. The topological polar surface area (TPSA) is 113 Å². The highest BCUT2D eigenvalue weighted by Gasteiger charge is 2.31. The van der Waals surface area contributed by atoms with Crippen LogP contribution in [0.4, 0.5) is 10.5 Å². The van der Waals surface area contributed by atoms with Gasteiger partial charge in [-0.2, -0.15) is 4.31 Å². The van der Waals surface area contributed by atoms with Crippen LogP contribution in [0.25, 0.3) is 0 Å². The number of hydrogen-bond acceptors (Lipinski definition) is 5. The van der Waals surface area contributed by atoms with Crippen molar-refractivity contribution in [1.29, 1.82) is 0 Å². The van der Waals surface area contributed by atoms with Gasteiger partial charge in [-0.3, -0.25) is 10.1 Å². The van der Waals surface area contributed by atoms with Gasteiger partial charge in [0.1, 0.15) is 0 Å². The lowest BCUT2D eigenvalue weighted by Gasteiger charge is -2.34. The zero-order valence-corrected chi connectivity index (χ0v) is 18.1. The Morgan fingerprint density at radius 2 is 1.77 bits per heavy atom. The maximum Gasteiger partial charge on any atom is 0.317 e. The Morgan fingerprint density at radius 3 is 2.42 bits per heavy atom. The molecule has 9 nitrogen and oxygen atoms in total. The van der Waals surface area contributed by atoms with Gasteiger partial charge >= 0.3 is 6.03 Å². The van der Waals surface area contributed by atoms with Crippen molar-refractivity contribution in [3.05, 3.63) is 70.3 Å². The van der Waals surface area contributed by atoms with Crippen molar-refractivity contribution in [3.63, 3.8) is 0 Å². The summed E-state index contributed by atoms with van der Waals surface area (Å²) in [6.07, 6.45) is 1.66. The molecule has 0 unspecified atom stereocenters. The maximum absolute atomic E-state index is 12.8. The fourth-order valence-electron chi connectivity index (χ4n) is 3.44. The van der Waals surface area contributed by atoms with Crippen LogP contribution in [0.5, 0.6) is 0 Å². The highest BCUT2D eigenvalue weighted by atomic mass is 32.2. The fraction of sp³-hybridized carbons (Fsp3) is 0.381. The van der Waals surface area contributed by atoms with Crippen molar-refractivity contribution >= 4 is 21.7 Å². The molecule has 166 valence electrons. The molecule has 0 saturated carbocycles. The second-order valence-corrected chi connectivity index (χ2v) is 9.46. The van der Waals surface area contributed by atoms with Gasteiger partial charge in [0, 0.05) is 44.4 Å². The lowest BCUT2D eigenvalue weighted by Crippen LogP contribution is -2.54. The molecule has 1 aliphatic rings. The average molecular weight is 447 g/mol. The summed E-state index contributed by atoms with van der Waals surface area (Å²) in [6.45, 7) is 2.73. The lowest BCUT2D eigenvalue weighted by atomic mass is 10.1. The number of nitro benzene ring substituents is 1. The van der Waals surface area contributed by atoms with Crippen molar-refractivity contribution in [1.82, 2.24) is 14.5 Å². The Labute approximate surface area is 181 Å². The van der Waals surface area contributed by atoms with Crippen LogP contribution in [0.1, 0.15) is 18.9 Å². The molecule has 2 aromatic rings. The summed E-state index contributed by atoms with van der Waals surface area (Å²) in [5.74, 6) is 0. The second kappa shape index (κ2) is 9.88. The van der Waals surface area contributed by atoms with E-state index in [1.807, 2.05) is 25.1 Å². The molecule has 0 radical (unpaired) electrons. The van der Waals surface area contributed by atoms with Gasteiger partial charge in [-0.15, -0.1) is 0 Å². The van der Waals surface area contributed by atoms with Crippen molar-refractivity contribution in [2.45, 2.75) is 30.7 Å². The number of hydrogen-bond donors (Lipinski definition) is 1. The molecule has 1 heterocycles. The van der Waals surface area contributed by atoms with Gasteiger partial charge in [0.15, 0.2) is 0 Å². The van der Waals surface area contributed by atoms with Crippen molar-refractivity contribution in [2.24, 2.45) is 0 Å². The predicted octanol–water partition coefficient (Wildman–Crippen LogP) is 2.63. The largest absolute Gasteiger partial charge is 0.336 e. The van der Waals surface area contributed by atoms with Gasteiger partial charge in [0.2, 0.25) is 10.0 Å². The van der Waals surface area contributed by atoms with E-state index in [1.54, 1.807) is 4.90 Å². The fourth-order valence-corrected chi connectivity index (χ4v) is 4.90. The first kappa shape index (κ1) is 22.7. The molecule has 0 aromatic heterocycles. The Hall–Kier alpha value is -2.98. The number of benzene rings is 2. The number of amides is 2. The van der Waals surface area contributed by atoms with Crippen LogP contribution in [-0.4, -0.2) is 60.8 Å². The van der Waals surface area contributed by atoms with Crippen LogP contribution in [0.15, 0.2) is 59.5 Å². The first-order valence-corrected chi connectivity index (χ1v) is 11.6. The minimum Gasteiger partial charge on any atom is -0.336 e. The number of sulfonamides is 1. The molecule has 1 atom stereocenters. The first-order valence-electron chi connectivity index (χ1n) is 10.1. The van der Waals surface area contributed by atoms with E-state index in [2.05, 4.69) is 17.4 Å². The molecule has 10 heteroatoms. The van der Waals surface area contributed by atoms with Crippen LogP contribution in [-0.2, 0) is 16.4 Å². The minimum atomic E-state index is -3.86. The van der Waals surface area contributed by atoms with Crippen molar-refractivity contribution < 1.29 is 18.1 Å². The number of piperazine rings is 1. The Bertz CT molecular complexity index is 1020. The Balaban J connectivity index is 1.52. The molecule has 1 saturated heterocycles. The van der Waals surface area contributed by atoms with Gasteiger partial charge in [-0.25, -0.2) is 13.2 Å². The summed E-state index contributed by atoms with van der Waals surface area (Å²) < 4.78 is 26.9. The van der Waals surface area contributed by atoms with E-state index >= 15 is 0 Å². The van der Waals surface area contributed by atoms with Crippen LogP contribution in [0.3, 0.4) is 0 Å². The van der Waals surface area contributed by atoms with Crippen molar-refractivity contribution in [3.8, 4) is 0 Å². The summed E-state index contributed by atoms with van der Waals surface area (Å²) in [7, 11) is -3.86. The number of nitrogens with one attached hydrogen (secondary N) is 1. The van der Waals surface area contributed by atoms with Gasteiger partial charge < -0.3 is 10.2 Å². The van der Waals surface area contributed by atoms with Gasteiger partial charge in [0.25, 0.3) is 5.69 Å². The van der Waals surface area contributed by atoms with Crippen LogP contribution in [0.2, 0.25) is 0 Å². The maximum atomic E-state index is 12.8. The number of carbonyl (C=O) groups is 1. The number of nitrogens with zero attached hydrogens (tertiary/aromatic N) is 3. The molecular formula is C21H26N4O5S. The third-order valence-electron chi connectivity index (χ3n) is 5.27. The molecule has 3 rings (SSSR count). The number of non-ortho nitro benzene ring substituents is 1. The van der Waals surface area contributed by atoms with E-state index in [0.717, 1.165) is 18.9 Å². The highest BCUT2D eigenvalue weighted by Crippen LogP contribution is 2.22. The molecule has 1 aliphatic heterocycles. The molecule has 0 aliphatic carbocycles. The van der Waals surface area contributed by atoms with Gasteiger partial charge in [0.05, 0.1) is 9.82 Å². The predicted molar refractivity (Wildman–Crippen MR) is 116 cm³/mol. The van der Waals surface area contributed by atoms with Gasteiger partial charge in [-0.1, -0.05) is 36.4 Å². The zero-order valence-electron chi connectivity index (χ0n) is 17.3. The lowest BCUT2D eigenvalue weighted by molar-refractivity contribution is -0.385. The molecule has 2 amide bonds. The molecular weight excluding hydrogens is 420 g/mol. The van der Waals surface area contributed by atoms with E-state index in [-0.39, 0.29) is 48.8 Å². The van der Waals surface area contributed by atoms with Gasteiger partial charge in [-0.05, 0) is 31.4 Å². The number of rotatable bonds is 7. The molecule has 31 heavy (non-hydrogen) atoms. The Kier molecular flexibility index (Phi) is 7.24. The Morgan fingerprint density at radius 1 is 1.10 bits per heavy atom. The van der Waals surface area contributed by atoms with E-state index < -0.39 is 14.9 Å². The number of nitro groups is 1. The van der Waals surface area contributed by atoms with E-state index in [9.17, 15) is 23.3 Å². The summed E-state index contributed by atoms with van der Waals surface area (Å²) in [5.41, 5.74) is 0.937. The number of aryl methyl sites for hydroxylation is 1. The SMILES string of the molecule is C[C@H](CCc1ccccc1)NC(=O)N1CCN(S(=O)(=O)c2cccc([N+](=O)[O-])c2)CC1. The van der Waals surface area contributed by atoms with Crippen LogP contribution in [0, 0.1) is 10.1 Å². The number of carbonyl (C=O) groups excluding carboxylic acids is 1. The number of urea groups is 1. The third kappa shape index (κ3) is 5.80.